The van der Waals surface area contributed by atoms with Crippen LogP contribution >= 0.6 is 23.8 Å². The van der Waals surface area contributed by atoms with Gasteiger partial charge in [-0.1, -0.05) is 54.1 Å². The molecule has 2 aromatic carbocycles. The van der Waals surface area contributed by atoms with Gasteiger partial charge in [0.15, 0.2) is 5.82 Å². The van der Waals surface area contributed by atoms with Crippen molar-refractivity contribution in [1.29, 1.82) is 0 Å². The molecule has 0 aliphatic heterocycles. The van der Waals surface area contributed by atoms with Crippen LogP contribution in [0.1, 0.15) is 17.6 Å². The number of hydrogen-bond donors (Lipinski definition) is 1. The molecule has 8 nitrogen and oxygen atoms in total. The fraction of sp³-hybridized carbons (Fsp3) is 0.167. The first-order chi connectivity index (χ1) is 13.7. The summed E-state index contributed by atoms with van der Waals surface area (Å²) >= 11 is 10.9. The largest absolute Gasteiger partial charge is 0.412 e. The molecule has 28 heavy (non-hydrogen) atoms. The van der Waals surface area contributed by atoms with Gasteiger partial charge >= 0.3 is 0 Å². The number of ether oxygens (including phenoxy) is 1. The zero-order chi connectivity index (χ0) is 19.3. The molecule has 0 saturated carbocycles. The molecule has 0 aliphatic carbocycles. The number of benzene rings is 2. The van der Waals surface area contributed by atoms with E-state index in [0.29, 0.717) is 23.3 Å². The first-order valence-electron chi connectivity index (χ1n) is 8.42. The van der Waals surface area contributed by atoms with E-state index in [1.54, 1.807) is 4.68 Å². The highest BCUT2D eigenvalue weighted by Crippen LogP contribution is 2.25. The molecule has 0 amide bonds. The van der Waals surface area contributed by atoms with Gasteiger partial charge in [-0.05, 0) is 40.3 Å². The molecule has 10 heteroatoms. The van der Waals surface area contributed by atoms with Crippen molar-refractivity contribution in [1.82, 2.24) is 30.4 Å². The quantitative estimate of drug-likeness (QED) is 0.456. The number of aromatic nitrogens is 6. The van der Waals surface area contributed by atoms with Gasteiger partial charge in [0, 0.05) is 10.6 Å². The van der Waals surface area contributed by atoms with Crippen LogP contribution in [0.4, 0.5) is 0 Å². The SMILES string of the molecule is S=c1[nH]nc(COC(Cn2nnnc2-c2ccccc2)c2ccc(Cl)cc2)o1. The number of aromatic amines is 1. The molecule has 2 aromatic heterocycles. The molecule has 4 aromatic rings. The maximum atomic E-state index is 6.05. The lowest BCUT2D eigenvalue weighted by Crippen LogP contribution is -2.15. The van der Waals surface area contributed by atoms with Crippen molar-refractivity contribution in [3.63, 3.8) is 0 Å². The summed E-state index contributed by atoms with van der Waals surface area (Å²) in [4.78, 5) is 0.202. The Balaban J connectivity index is 1.60. The van der Waals surface area contributed by atoms with Gasteiger partial charge in [0.05, 0.1) is 6.54 Å². The Bertz CT molecular complexity index is 1090. The predicted molar refractivity (Wildman–Crippen MR) is 104 cm³/mol. The predicted octanol–water partition coefficient (Wildman–Crippen LogP) is 4.00. The van der Waals surface area contributed by atoms with Crippen molar-refractivity contribution < 1.29 is 9.15 Å². The normalized spacial score (nSPS) is 12.2. The maximum Gasteiger partial charge on any atom is 0.284 e. The molecular weight excluding hydrogens is 400 g/mol. The van der Waals surface area contributed by atoms with E-state index in [-0.39, 0.29) is 17.5 Å². The summed E-state index contributed by atoms with van der Waals surface area (Å²) in [5.41, 5.74) is 1.84. The lowest BCUT2D eigenvalue weighted by molar-refractivity contribution is 0.0143. The summed E-state index contributed by atoms with van der Waals surface area (Å²) in [6.07, 6.45) is -0.358. The third kappa shape index (κ3) is 4.33. The highest BCUT2D eigenvalue weighted by atomic mass is 35.5. The summed E-state index contributed by atoms with van der Waals surface area (Å²) in [5.74, 6) is 1.02. The Hall–Kier alpha value is -2.88. The molecule has 142 valence electrons. The molecule has 1 N–H and O–H groups in total. The Labute approximate surface area is 170 Å². The van der Waals surface area contributed by atoms with Crippen molar-refractivity contribution in [2.75, 3.05) is 0 Å². The van der Waals surface area contributed by atoms with Gasteiger partial charge in [-0.2, -0.15) is 0 Å². The summed E-state index contributed by atoms with van der Waals surface area (Å²) in [6.45, 7) is 0.535. The standard InChI is InChI=1S/C18H15ClN6O2S/c19-14-8-6-12(7-9-14)15(26-11-16-20-22-18(28)27-16)10-25-17(21-23-24-25)13-4-2-1-3-5-13/h1-9,15H,10-11H2,(H,22,28). The van der Waals surface area contributed by atoms with Crippen LogP contribution in [0.3, 0.4) is 0 Å². The van der Waals surface area contributed by atoms with E-state index in [4.69, 9.17) is 33.0 Å². The first kappa shape index (κ1) is 18.5. The third-order valence-corrected chi connectivity index (χ3v) is 4.46. The minimum absolute atomic E-state index is 0.142. The highest BCUT2D eigenvalue weighted by Gasteiger charge is 2.18. The molecule has 0 aliphatic rings. The van der Waals surface area contributed by atoms with Crippen LogP contribution in [0.25, 0.3) is 11.4 Å². The van der Waals surface area contributed by atoms with E-state index in [9.17, 15) is 0 Å². The third-order valence-electron chi connectivity index (χ3n) is 4.03. The molecule has 0 fully saturated rings. The van der Waals surface area contributed by atoms with Crippen LogP contribution in [0.5, 0.6) is 0 Å². The van der Waals surface area contributed by atoms with Crippen LogP contribution in [0.15, 0.2) is 59.0 Å². The van der Waals surface area contributed by atoms with Crippen LogP contribution in [0, 0.1) is 4.84 Å². The lowest BCUT2D eigenvalue weighted by Gasteiger charge is -2.18. The summed E-state index contributed by atoms with van der Waals surface area (Å²) in [6, 6.07) is 17.1. The van der Waals surface area contributed by atoms with Gasteiger partial charge in [-0.15, -0.1) is 10.2 Å². The Morgan fingerprint density at radius 3 is 2.64 bits per heavy atom. The second-order valence-electron chi connectivity index (χ2n) is 5.91. The average Bonchev–Trinajstić information content (AvgIpc) is 3.35. The van der Waals surface area contributed by atoms with Crippen molar-refractivity contribution in [2.45, 2.75) is 19.3 Å². The average molecular weight is 415 g/mol. The Morgan fingerprint density at radius 2 is 1.93 bits per heavy atom. The van der Waals surface area contributed by atoms with E-state index in [1.807, 2.05) is 54.6 Å². The van der Waals surface area contributed by atoms with E-state index in [1.165, 1.54) is 0 Å². The second-order valence-corrected chi connectivity index (χ2v) is 6.72. The molecule has 1 unspecified atom stereocenters. The number of halogens is 1. The maximum absolute atomic E-state index is 6.05. The fourth-order valence-corrected chi connectivity index (χ4v) is 2.97. The van der Waals surface area contributed by atoms with Crippen LogP contribution in [-0.2, 0) is 17.9 Å². The second kappa shape index (κ2) is 8.42. The van der Waals surface area contributed by atoms with E-state index < -0.39 is 0 Å². The van der Waals surface area contributed by atoms with Gasteiger partial charge in [0.2, 0.25) is 5.89 Å². The van der Waals surface area contributed by atoms with E-state index >= 15 is 0 Å². The minimum atomic E-state index is -0.358. The minimum Gasteiger partial charge on any atom is -0.412 e. The smallest absolute Gasteiger partial charge is 0.284 e. The van der Waals surface area contributed by atoms with Crippen LogP contribution < -0.4 is 0 Å². The van der Waals surface area contributed by atoms with Crippen LogP contribution in [0.2, 0.25) is 5.02 Å². The first-order valence-corrected chi connectivity index (χ1v) is 9.21. The lowest BCUT2D eigenvalue weighted by atomic mass is 10.1. The molecule has 1 atom stereocenters. The van der Waals surface area contributed by atoms with Gasteiger partial charge in [-0.25, -0.2) is 9.78 Å². The topological polar surface area (TPSA) is 94.7 Å². The molecule has 2 heterocycles. The molecule has 4 rings (SSSR count). The van der Waals surface area contributed by atoms with Crippen molar-refractivity contribution in [3.05, 3.63) is 75.9 Å². The Morgan fingerprint density at radius 1 is 1.14 bits per heavy atom. The summed E-state index contributed by atoms with van der Waals surface area (Å²) in [7, 11) is 0. The molecular formula is C18H15ClN6O2S. The summed E-state index contributed by atoms with van der Waals surface area (Å²) < 4.78 is 13.0. The molecule has 0 spiro atoms. The number of hydrogen-bond acceptors (Lipinski definition) is 7. The number of nitrogens with one attached hydrogen (secondary N) is 1. The van der Waals surface area contributed by atoms with Crippen molar-refractivity contribution in [3.8, 4) is 11.4 Å². The number of rotatable bonds is 7. The monoisotopic (exact) mass is 414 g/mol. The molecule has 0 bridgehead atoms. The highest BCUT2D eigenvalue weighted by molar-refractivity contribution is 7.71. The van der Waals surface area contributed by atoms with Crippen molar-refractivity contribution >= 4 is 23.8 Å². The molecule has 0 saturated heterocycles. The van der Waals surface area contributed by atoms with Gasteiger partial charge in [0.25, 0.3) is 4.84 Å². The molecule has 0 radical (unpaired) electrons. The summed E-state index contributed by atoms with van der Waals surface area (Å²) in [5, 5.41) is 19.3. The number of nitrogens with zero attached hydrogens (tertiary/aromatic N) is 5. The number of H-pyrrole nitrogens is 1. The van der Waals surface area contributed by atoms with Gasteiger partial charge in [-0.3, -0.25) is 0 Å². The van der Waals surface area contributed by atoms with Crippen molar-refractivity contribution in [2.24, 2.45) is 0 Å². The number of tetrazole rings is 1. The fourth-order valence-electron chi connectivity index (χ4n) is 2.70. The van der Waals surface area contributed by atoms with E-state index in [2.05, 4.69) is 25.7 Å². The van der Waals surface area contributed by atoms with Gasteiger partial charge in [0.1, 0.15) is 12.7 Å². The van der Waals surface area contributed by atoms with Gasteiger partial charge < -0.3 is 9.15 Å². The zero-order valence-corrected chi connectivity index (χ0v) is 16.1. The van der Waals surface area contributed by atoms with Crippen LogP contribution in [-0.4, -0.2) is 30.4 Å². The van der Waals surface area contributed by atoms with E-state index in [0.717, 1.165) is 11.1 Å². The zero-order valence-electron chi connectivity index (χ0n) is 14.5. The Kier molecular flexibility index (Phi) is 5.56.